The smallest absolute Gasteiger partial charge is 0.343 e. The van der Waals surface area contributed by atoms with E-state index in [1.807, 2.05) is 0 Å². The van der Waals surface area contributed by atoms with Crippen molar-refractivity contribution in [1.82, 2.24) is 5.43 Å². The number of nitro benzene ring substituents is 2. The second-order valence-electron chi connectivity index (χ2n) is 6.36. The first-order valence-electron chi connectivity index (χ1n) is 9.13. The largest absolute Gasteiger partial charge is 0.507 e. The third-order valence-electron chi connectivity index (χ3n) is 4.25. The Balaban J connectivity index is 1.85. The first-order chi connectivity index (χ1) is 15.8. The van der Waals surface area contributed by atoms with E-state index in [4.69, 9.17) is 4.74 Å². The van der Waals surface area contributed by atoms with Crippen LogP contribution in [0.1, 0.15) is 26.3 Å². The molecule has 0 heterocycles. The number of hydrogen-bond donors (Lipinski definition) is 2. The molecule has 12 nitrogen and oxygen atoms in total. The number of para-hydroxylation sites is 2. The molecule has 12 heteroatoms. The lowest BCUT2D eigenvalue weighted by Crippen LogP contribution is -2.18. The first kappa shape index (κ1) is 22.6. The summed E-state index contributed by atoms with van der Waals surface area (Å²) in [5, 5.41) is 35.6. The summed E-state index contributed by atoms with van der Waals surface area (Å²) in [7, 11) is 0. The van der Waals surface area contributed by atoms with E-state index in [1.165, 1.54) is 36.4 Å². The number of phenolic OH excluding ortho intramolecular Hbond substituents is 1. The van der Waals surface area contributed by atoms with Gasteiger partial charge in [-0.3, -0.25) is 25.0 Å². The highest BCUT2D eigenvalue weighted by atomic mass is 16.6. The highest BCUT2D eigenvalue weighted by Gasteiger charge is 2.22. The van der Waals surface area contributed by atoms with Gasteiger partial charge in [-0.05, 0) is 30.3 Å². The van der Waals surface area contributed by atoms with Crippen molar-refractivity contribution in [1.29, 1.82) is 0 Å². The molecule has 0 saturated heterocycles. The normalized spacial score (nSPS) is 10.5. The van der Waals surface area contributed by atoms with Crippen LogP contribution in [0.3, 0.4) is 0 Å². The van der Waals surface area contributed by atoms with Crippen molar-refractivity contribution in [2.24, 2.45) is 5.10 Å². The van der Waals surface area contributed by atoms with Gasteiger partial charge >= 0.3 is 11.7 Å². The molecule has 166 valence electrons. The van der Waals surface area contributed by atoms with Crippen LogP contribution in [0.25, 0.3) is 0 Å². The van der Waals surface area contributed by atoms with Crippen LogP contribution in [0, 0.1) is 20.2 Å². The lowest BCUT2D eigenvalue weighted by molar-refractivity contribution is -0.385. The Morgan fingerprint density at radius 2 is 1.64 bits per heavy atom. The monoisotopic (exact) mass is 450 g/mol. The lowest BCUT2D eigenvalue weighted by Gasteiger charge is -2.08. The van der Waals surface area contributed by atoms with Crippen molar-refractivity contribution in [3.63, 3.8) is 0 Å². The Hall–Kier alpha value is -5.13. The molecule has 33 heavy (non-hydrogen) atoms. The summed E-state index contributed by atoms with van der Waals surface area (Å²) in [6.07, 6.45) is 1.03. The highest BCUT2D eigenvalue weighted by molar-refractivity contribution is 5.98. The van der Waals surface area contributed by atoms with E-state index in [0.717, 1.165) is 36.5 Å². The molecule has 3 aromatic rings. The van der Waals surface area contributed by atoms with Crippen LogP contribution >= 0.6 is 0 Å². The van der Waals surface area contributed by atoms with Crippen LogP contribution in [-0.4, -0.2) is 33.0 Å². The van der Waals surface area contributed by atoms with Gasteiger partial charge in [0, 0.05) is 23.8 Å². The van der Waals surface area contributed by atoms with Gasteiger partial charge in [0.25, 0.3) is 11.6 Å². The quantitative estimate of drug-likeness (QED) is 0.181. The number of carbonyl (C=O) groups excluding carboxylic acids is 2. The van der Waals surface area contributed by atoms with Crippen molar-refractivity contribution in [2.75, 3.05) is 0 Å². The number of hydrogen-bond acceptors (Lipinski definition) is 9. The topological polar surface area (TPSA) is 174 Å². The minimum atomic E-state index is -0.993. The molecule has 0 fully saturated rings. The maximum atomic E-state index is 12.5. The molecule has 0 aliphatic rings. The van der Waals surface area contributed by atoms with Crippen LogP contribution in [0.4, 0.5) is 11.4 Å². The molecule has 0 saturated carbocycles. The number of aromatic hydroxyl groups is 1. The van der Waals surface area contributed by atoms with E-state index in [0.29, 0.717) is 0 Å². The summed E-state index contributed by atoms with van der Waals surface area (Å²) < 4.78 is 5.19. The van der Waals surface area contributed by atoms with Crippen LogP contribution in [0.5, 0.6) is 11.5 Å². The van der Waals surface area contributed by atoms with E-state index in [9.17, 15) is 34.9 Å². The first-order valence-corrected chi connectivity index (χ1v) is 9.13. The number of phenols is 1. The lowest BCUT2D eigenvalue weighted by atomic mass is 10.1. The molecule has 1 amide bonds. The van der Waals surface area contributed by atoms with Crippen molar-refractivity contribution in [2.45, 2.75) is 0 Å². The Morgan fingerprint density at radius 3 is 2.27 bits per heavy atom. The van der Waals surface area contributed by atoms with E-state index >= 15 is 0 Å². The molecule has 3 aromatic carbocycles. The minimum Gasteiger partial charge on any atom is -0.507 e. The van der Waals surface area contributed by atoms with Gasteiger partial charge in [0.1, 0.15) is 5.75 Å². The third-order valence-corrected chi connectivity index (χ3v) is 4.25. The number of non-ortho nitro benzene ring substituents is 1. The average Bonchev–Trinajstić information content (AvgIpc) is 2.80. The number of hydrazone groups is 1. The maximum Gasteiger partial charge on any atom is 0.343 e. The maximum absolute atomic E-state index is 12.5. The van der Waals surface area contributed by atoms with Crippen LogP contribution < -0.4 is 10.2 Å². The second-order valence-corrected chi connectivity index (χ2v) is 6.36. The molecule has 0 radical (unpaired) electrons. The van der Waals surface area contributed by atoms with Gasteiger partial charge in [-0.1, -0.05) is 18.2 Å². The fourth-order valence-corrected chi connectivity index (χ4v) is 2.66. The predicted molar refractivity (Wildman–Crippen MR) is 114 cm³/mol. The van der Waals surface area contributed by atoms with Crippen molar-refractivity contribution >= 4 is 29.5 Å². The van der Waals surface area contributed by atoms with Crippen molar-refractivity contribution in [3.05, 3.63) is 104 Å². The Kier molecular flexibility index (Phi) is 6.69. The fourth-order valence-electron chi connectivity index (χ4n) is 2.66. The number of nitrogens with zero attached hydrogens (tertiary/aromatic N) is 3. The molecule has 0 unspecified atom stereocenters. The summed E-state index contributed by atoms with van der Waals surface area (Å²) in [6.45, 7) is 0. The molecular weight excluding hydrogens is 436 g/mol. The zero-order chi connectivity index (χ0) is 24.0. The van der Waals surface area contributed by atoms with Crippen molar-refractivity contribution < 1.29 is 29.3 Å². The van der Waals surface area contributed by atoms with Gasteiger partial charge < -0.3 is 9.84 Å². The summed E-state index contributed by atoms with van der Waals surface area (Å²) in [4.78, 5) is 45.4. The molecule has 0 aliphatic carbocycles. The summed E-state index contributed by atoms with van der Waals surface area (Å²) in [6, 6.07) is 14.0. The zero-order valence-corrected chi connectivity index (χ0v) is 16.6. The number of nitrogens with one attached hydrogen (secondary N) is 1. The van der Waals surface area contributed by atoms with Gasteiger partial charge in [-0.15, -0.1) is 0 Å². The molecule has 0 spiro atoms. The second kappa shape index (κ2) is 9.78. The average molecular weight is 450 g/mol. The molecule has 3 rings (SSSR count). The summed E-state index contributed by atoms with van der Waals surface area (Å²) in [5.41, 5.74) is 1.26. The predicted octanol–water partition coefficient (Wildman–Crippen LogP) is 3.19. The molecule has 0 atom stereocenters. The molecule has 2 N–H and O–H groups in total. The van der Waals surface area contributed by atoms with Crippen LogP contribution in [0.15, 0.2) is 71.8 Å². The van der Waals surface area contributed by atoms with E-state index in [1.54, 1.807) is 0 Å². The number of nitro groups is 2. The van der Waals surface area contributed by atoms with Crippen LogP contribution in [-0.2, 0) is 0 Å². The summed E-state index contributed by atoms with van der Waals surface area (Å²) in [5.74, 6) is -2.43. The SMILES string of the molecule is O=C(Oc1c(/C=N/NC(=O)c2ccccc2O)cccc1[N+](=O)[O-])c1ccc([N+](=O)[O-])cc1. The van der Waals surface area contributed by atoms with Gasteiger partial charge in [0.15, 0.2) is 0 Å². The van der Waals surface area contributed by atoms with Gasteiger partial charge in [0.2, 0.25) is 5.75 Å². The van der Waals surface area contributed by atoms with Gasteiger partial charge in [-0.25, -0.2) is 10.2 Å². The molecular formula is C21H14N4O8. The number of benzene rings is 3. The van der Waals surface area contributed by atoms with E-state index in [-0.39, 0.29) is 28.1 Å². The number of carbonyl (C=O) groups is 2. The Morgan fingerprint density at radius 1 is 0.939 bits per heavy atom. The number of ether oxygens (including phenoxy) is 1. The van der Waals surface area contributed by atoms with Crippen LogP contribution in [0.2, 0.25) is 0 Å². The van der Waals surface area contributed by atoms with E-state index < -0.39 is 33.2 Å². The third kappa shape index (κ3) is 5.32. The van der Waals surface area contributed by atoms with Gasteiger partial charge in [-0.2, -0.15) is 5.10 Å². The summed E-state index contributed by atoms with van der Waals surface area (Å²) >= 11 is 0. The number of amides is 1. The number of esters is 1. The van der Waals surface area contributed by atoms with Gasteiger partial charge in [0.05, 0.1) is 27.2 Å². The Bertz CT molecular complexity index is 1270. The van der Waals surface area contributed by atoms with Crippen molar-refractivity contribution in [3.8, 4) is 11.5 Å². The zero-order valence-electron chi connectivity index (χ0n) is 16.6. The fraction of sp³-hybridized carbons (Fsp3) is 0. The minimum absolute atomic E-state index is 0.00274. The van der Waals surface area contributed by atoms with E-state index in [2.05, 4.69) is 10.5 Å². The standard InChI is InChI=1S/C21H14N4O8/c26-18-7-2-1-5-16(18)20(27)23-22-12-14-4-3-6-17(25(31)32)19(14)33-21(28)13-8-10-15(11-9-13)24(29)30/h1-12,26H,(H,23,27)/b22-12+. The number of rotatable bonds is 7. The molecule has 0 bridgehead atoms. The Labute approximate surface area is 185 Å². The highest BCUT2D eigenvalue weighted by Crippen LogP contribution is 2.31. The molecule has 0 aliphatic heterocycles. The molecule has 0 aromatic heterocycles.